The van der Waals surface area contributed by atoms with Gasteiger partial charge in [0.1, 0.15) is 5.82 Å². The molecule has 0 aliphatic carbocycles. The lowest BCUT2D eigenvalue weighted by Crippen LogP contribution is -2.49. The zero-order valence-corrected chi connectivity index (χ0v) is 19.6. The zero-order chi connectivity index (χ0) is 24.1. The minimum absolute atomic E-state index is 0.0897. The molecular weight excluding hydrogens is 429 g/mol. The van der Waals surface area contributed by atoms with Crippen LogP contribution < -0.4 is 10.2 Å². The van der Waals surface area contributed by atoms with E-state index in [9.17, 15) is 14.0 Å². The molecule has 4 rings (SSSR count). The van der Waals surface area contributed by atoms with Gasteiger partial charge in [-0.05, 0) is 60.7 Å². The lowest BCUT2D eigenvalue weighted by molar-refractivity contribution is -0.117. The summed E-state index contributed by atoms with van der Waals surface area (Å²) < 4.78 is 13.3. The van der Waals surface area contributed by atoms with Crippen LogP contribution in [0.15, 0.2) is 72.8 Å². The van der Waals surface area contributed by atoms with E-state index in [1.165, 1.54) is 12.1 Å². The number of aryl methyl sites for hydroxylation is 1. The molecule has 3 aromatic carbocycles. The van der Waals surface area contributed by atoms with Crippen LogP contribution in [0.4, 0.5) is 20.6 Å². The first kappa shape index (κ1) is 23.5. The molecule has 1 aliphatic rings. The van der Waals surface area contributed by atoms with Crippen LogP contribution in [0.5, 0.6) is 0 Å². The number of carbonyl (C=O) groups excluding carboxylic acids is 2. The number of nitrogens with zero attached hydrogens (tertiary/aromatic N) is 2. The summed E-state index contributed by atoms with van der Waals surface area (Å²) in [6.07, 6.45) is 1.47. The molecule has 1 saturated heterocycles. The highest BCUT2D eigenvalue weighted by Crippen LogP contribution is 2.32. The van der Waals surface area contributed by atoms with Gasteiger partial charge in [-0.25, -0.2) is 9.18 Å². The van der Waals surface area contributed by atoms with Crippen LogP contribution in [-0.4, -0.2) is 29.9 Å². The van der Waals surface area contributed by atoms with Crippen molar-refractivity contribution in [2.75, 3.05) is 23.3 Å². The second-order valence-electron chi connectivity index (χ2n) is 8.72. The Morgan fingerprint density at radius 3 is 2.47 bits per heavy atom. The first-order chi connectivity index (χ1) is 16.5. The van der Waals surface area contributed by atoms with Gasteiger partial charge >= 0.3 is 6.03 Å². The SMILES string of the molecule is CC[C@H](C(=O)Nc1cc(C)ccc1N1CCCN(Cc2ccc(F)cc2)C1=O)c1ccccc1. The Labute approximate surface area is 200 Å². The highest BCUT2D eigenvalue weighted by molar-refractivity contribution is 6.02. The molecule has 6 heteroatoms. The molecule has 0 unspecified atom stereocenters. The Morgan fingerprint density at radius 1 is 1.03 bits per heavy atom. The van der Waals surface area contributed by atoms with E-state index in [0.29, 0.717) is 37.4 Å². The number of carbonyl (C=O) groups is 2. The number of benzene rings is 3. The van der Waals surface area contributed by atoms with Crippen molar-refractivity contribution in [2.24, 2.45) is 0 Å². The molecule has 34 heavy (non-hydrogen) atoms. The van der Waals surface area contributed by atoms with Crippen molar-refractivity contribution in [3.05, 3.63) is 95.3 Å². The predicted octanol–water partition coefficient (Wildman–Crippen LogP) is 6.10. The van der Waals surface area contributed by atoms with Crippen LogP contribution >= 0.6 is 0 Å². The summed E-state index contributed by atoms with van der Waals surface area (Å²) in [4.78, 5) is 30.1. The van der Waals surface area contributed by atoms with Crippen molar-refractivity contribution < 1.29 is 14.0 Å². The average molecular weight is 460 g/mol. The van der Waals surface area contributed by atoms with E-state index in [2.05, 4.69) is 5.32 Å². The smallest absolute Gasteiger partial charge is 0.324 e. The van der Waals surface area contributed by atoms with E-state index in [1.807, 2.05) is 62.4 Å². The highest BCUT2D eigenvalue weighted by atomic mass is 19.1. The molecule has 1 fully saturated rings. The molecule has 1 N–H and O–H groups in total. The molecule has 176 valence electrons. The van der Waals surface area contributed by atoms with Gasteiger partial charge in [0.2, 0.25) is 5.91 Å². The summed E-state index contributed by atoms with van der Waals surface area (Å²) in [7, 11) is 0. The number of halogens is 1. The van der Waals surface area contributed by atoms with Crippen LogP contribution in [0.2, 0.25) is 0 Å². The van der Waals surface area contributed by atoms with Gasteiger partial charge in [0, 0.05) is 19.6 Å². The number of rotatable bonds is 7. The largest absolute Gasteiger partial charge is 0.324 e. The fourth-order valence-electron chi connectivity index (χ4n) is 4.43. The van der Waals surface area contributed by atoms with Crippen LogP contribution in [0.25, 0.3) is 0 Å². The number of nitrogens with one attached hydrogen (secondary N) is 1. The number of hydrogen-bond donors (Lipinski definition) is 1. The van der Waals surface area contributed by atoms with Gasteiger partial charge in [-0.3, -0.25) is 9.69 Å². The standard InChI is InChI=1S/C28H30FN3O2/c1-3-24(22-8-5-4-6-9-22)27(33)30-25-18-20(2)10-15-26(25)32-17-7-16-31(28(32)34)19-21-11-13-23(29)14-12-21/h4-6,8-15,18,24H,3,7,16-17,19H2,1-2H3,(H,30,33)/t24-/m0/s1. The summed E-state index contributed by atoms with van der Waals surface area (Å²) in [5.74, 6) is -0.661. The molecule has 5 nitrogen and oxygen atoms in total. The Kier molecular flexibility index (Phi) is 7.26. The predicted molar refractivity (Wildman–Crippen MR) is 133 cm³/mol. The maximum atomic E-state index is 13.4. The number of urea groups is 1. The fraction of sp³-hybridized carbons (Fsp3) is 0.286. The van der Waals surface area contributed by atoms with E-state index < -0.39 is 0 Å². The summed E-state index contributed by atoms with van der Waals surface area (Å²) in [5.41, 5.74) is 4.17. The summed E-state index contributed by atoms with van der Waals surface area (Å²) in [6, 6.07) is 21.6. The lowest BCUT2D eigenvalue weighted by atomic mass is 9.95. The van der Waals surface area contributed by atoms with Crippen molar-refractivity contribution in [1.82, 2.24) is 4.90 Å². The first-order valence-corrected chi connectivity index (χ1v) is 11.7. The van der Waals surface area contributed by atoms with Crippen LogP contribution in [0.1, 0.15) is 42.4 Å². The zero-order valence-electron chi connectivity index (χ0n) is 19.6. The van der Waals surface area contributed by atoms with E-state index in [1.54, 1.807) is 21.9 Å². The molecule has 1 heterocycles. The molecule has 0 aromatic heterocycles. The second-order valence-corrected chi connectivity index (χ2v) is 8.72. The van der Waals surface area contributed by atoms with Crippen molar-refractivity contribution in [1.29, 1.82) is 0 Å². The maximum Gasteiger partial charge on any atom is 0.324 e. The summed E-state index contributed by atoms with van der Waals surface area (Å²) in [6.45, 7) is 5.57. The lowest BCUT2D eigenvalue weighted by Gasteiger charge is -2.36. The van der Waals surface area contributed by atoms with Crippen molar-refractivity contribution in [2.45, 2.75) is 39.2 Å². The van der Waals surface area contributed by atoms with E-state index in [0.717, 1.165) is 23.1 Å². The molecule has 0 spiro atoms. The molecule has 0 radical (unpaired) electrons. The fourth-order valence-corrected chi connectivity index (χ4v) is 4.43. The third-order valence-electron chi connectivity index (χ3n) is 6.23. The average Bonchev–Trinajstić information content (AvgIpc) is 2.83. The molecule has 3 aromatic rings. The van der Waals surface area contributed by atoms with E-state index in [4.69, 9.17) is 0 Å². The Morgan fingerprint density at radius 2 is 1.76 bits per heavy atom. The summed E-state index contributed by atoms with van der Waals surface area (Å²) >= 11 is 0. The third kappa shape index (κ3) is 5.28. The van der Waals surface area contributed by atoms with Crippen LogP contribution in [-0.2, 0) is 11.3 Å². The van der Waals surface area contributed by atoms with Gasteiger partial charge in [0.05, 0.1) is 17.3 Å². The second kappa shape index (κ2) is 10.5. The maximum absolute atomic E-state index is 13.4. The van der Waals surface area contributed by atoms with Crippen LogP contribution in [0.3, 0.4) is 0 Å². The number of hydrogen-bond acceptors (Lipinski definition) is 2. The van der Waals surface area contributed by atoms with E-state index >= 15 is 0 Å². The Balaban J connectivity index is 1.56. The van der Waals surface area contributed by atoms with E-state index in [-0.39, 0.29) is 23.7 Å². The topological polar surface area (TPSA) is 52.7 Å². The molecule has 3 amide bonds. The minimum Gasteiger partial charge on any atom is -0.324 e. The van der Waals surface area contributed by atoms with Crippen molar-refractivity contribution >= 4 is 23.3 Å². The molecule has 1 atom stereocenters. The van der Waals surface area contributed by atoms with Gasteiger partial charge in [-0.2, -0.15) is 0 Å². The molecule has 0 saturated carbocycles. The van der Waals surface area contributed by atoms with Gasteiger partial charge in [0.15, 0.2) is 0 Å². The molecule has 1 aliphatic heterocycles. The van der Waals surface area contributed by atoms with Gasteiger partial charge in [-0.1, -0.05) is 55.5 Å². The van der Waals surface area contributed by atoms with Crippen molar-refractivity contribution in [3.8, 4) is 0 Å². The molecule has 0 bridgehead atoms. The van der Waals surface area contributed by atoms with Crippen LogP contribution in [0, 0.1) is 12.7 Å². The van der Waals surface area contributed by atoms with Crippen molar-refractivity contribution in [3.63, 3.8) is 0 Å². The Bertz CT molecular complexity index is 1150. The number of anilines is 2. The first-order valence-electron chi connectivity index (χ1n) is 11.7. The molecular formula is C28H30FN3O2. The monoisotopic (exact) mass is 459 g/mol. The van der Waals surface area contributed by atoms with Gasteiger partial charge < -0.3 is 10.2 Å². The normalized spacial score (nSPS) is 14.7. The van der Waals surface area contributed by atoms with Gasteiger partial charge in [0.25, 0.3) is 0 Å². The summed E-state index contributed by atoms with van der Waals surface area (Å²) in [5, 5.41) is 3.10. The minimum atomic E-state index is -0.295. The quantitative estimate of drug-likeness (QED) is 0.464. The Hall–Kier alpha value is -3.67. The highest BCUT2D eigenvalue weighted by Gasteiger charge is 2.29. The van der Waals surface area contributed by atoms with Gasteiger partial charge in [-0.15, -0.1) is 0 Å². The number of amides is 3. The third-order valence-corrected chi connectivity index (χ3v) is 6.23.